The molecule has 1 aliphatic rings. The molecular weight excluding hydrogens is 326 g/mol. The molecular formula is C20H25N5O. The summed E-state index contributed by atoms with van der Waals surface area (Å²) in [5.41, 5.74) is 5.22. The van der Waals surface area contributed by atoms with Crippen LogP contribution in [-0.2, 0) is 6.54 Å². The minimum absolute atomic E-state index is 0.564. The lowest BCUT2D eigenvalue weighted by atomic mass is 10.1. The summed E-state index contributed by atoms with van der Waals surface area (Å²) in [6.07, 6.45) is 3.44. The zero-order valence-electron chi connectivity index (χ0n) is 15.6. The fraction of sp³-hybridized carbons (Fsp3) is 0.400. The van der Waals surface area contributed by atoms with Gasteiger partial charge in [-0.2, -0.15) is 4.98 Å². The molecule has 0 radical (unpaired) electrons. The molecule has 3 heterocycles. The molecule has 1 fully saturated rings. The molecule has 0 bridgehead atoms. The van der Waals surface area contributed by atoms with Gasteiger partial charge < -0.3 is 14.6 Å². The highest BCUT2D eigenvalue weighted by Gasteiger charge is 2.19. The Kier molecular flexibility index (Phi) is 4.51. The molecule has 1 aliphatic heterocycles. The van der Waals surface area contributed by atoms with E-state index in [1.165, 1.54) is 27.7 Å². The maximum Gasteiger partial charge on any atom is 0.233 e. The Bertz CT molecular complexity index is 912. The fourth-order valence-electron chi connectivity index (χ4n) is 3.57. The van der Waals surface area contributed by atoms with Gasteiger partial charge in [0.15, 0.2) is 5.82 Å². The van der Waals surface area contributed by atoms with E-state index in [-0.39, 0.29) is 0 Å². The molecule has 3 aromatic rings. The normalized spacial score (nSPS) is 15.6. The van der Waals surface area contributed by atoms with E-state index in [0.717, 1.165) is 38.5 Å². The summed E-state index contributed by atoms with van der Waals surface area (Å²) in [6, 6.07) is 6.67. The fourth-order valence-corrected chi connectivity index (χ4v) is 3.57. The van der Waals surface area contributed by atoms with Gasteiger partial charge in [0.1, 0.15) is 0 Å². The number of methoxy groups -OCH3 is 1. The van der Waals surface area contributed by atoms with Gasteiger partial charge in [-0.3, -0.25) is 9.88 Å². The van der Waals surface area contributed by atoms with Gasteiger partial charge in [-0.05, 0) is 37.1 Å². The molecule has 0 aliphatic carbocycles. The number of hydrogen-bond donors (Lipinski definition) is 1. The first-order valence-corrected chi connectivity index (χ1v) is 9.05. The van der Waals surface area contributed by atoms with Crippen molar-refractivity contribution in [3.05, 3.63) is 47.4 Å². The third-order valence-electron chi connectivity index (χ3n) is 5.30. The zero-order chi connectivity index (χ0) is 18.1. The minimum Gasteiger partial charge on any atom is -0.480 e. The van der Waals surface area contributed by atoms with Crippen LogP contribution in [0.5, 0.6) is 5.88 Å². The van der Waals surface area contributed by atoms with Crippen molar-refractivity contribution in [1.29, 1.82) is 0 Å². The molecule has 6 nitrogen and oxygen atoms in total. The average molecular weight is 351 g/mol. The number of H-pyrrole nitrogens is 1. The molecule has 0 atom stereocenters. The van der Waals surface area contributed by atoms with Crippen molar-refractivity contribution in [2.24, 2.45) is 0 Å². The monoisotopic (exact) mass is 351 g/mol. The molecule has 6 heteroatoms. The van der Waals surface area contributed by atoms with E-state index in [9.17, 15) is 0 Å². The van der Waals surface area contributed by atoms with Gasteiger partial charge in [0, 0.05) is 49.3 Å². The summed E-state index contributed by atoms with van der Waals surface area (Å²) >= 11 is 0. The summed E-state index contributed by atoms with van der Waals surface area (Å²) in [4.78, 5) is 17.0. The van der Waals surface area contributed by atoms with Gasteiger partial charge in [0.05, 0.1) is 19.5 Å². The van der Waals surface area contributed by atoms with Crippen LogP contribution in [0.1, 0.15) is 16.8 Å². The van der Waals surface area contributed by atoms with Crippen LogP contribution in [0.4, 0.5) is 5.82 Å². The molecule has 0 unspecified atom stereocenters. The Morgan fingerprint density at radius 3 is 2.69 bits per heavy atom. The Morgan fingerprint density at radius 1 is 1.12 bits per heavy atom. The smallest absolute Gasteiger partial charge is 0.233 e. The van der Waals surface area contributed by atoms with Crippen molar-refractivity contribution in [3.8, 4) is 5.88 Å². The van der Waals surface area contributed by atoms with Gasteiger partial charge in [-0.25, -0.2) is 0 Å². The first kappa shape index (κ1) is 16.8. The topological polar surface area (TPSA) is 57.3 Å². The van der Waals surface area contributed by atoms with Crippen LogP contribution in [0, 0.1) is 13.8 Å². The predicted molar refractivity (Wildman–Crippen MR) is 104 cm³/mol. The first-order chi connectivity index (χ1) is 12.6. The number of hydrogen-bond acceptors (Lipinski definition) is 5. The van der Waals surface area contributed by atoms with E-state index in [1.807, 2.05) is 0 Å². The number of fused-ring (bicyclic) bond motifs is 1. The Balaban J connectivity index is 1.41. The highest BCUT2D eigenvalue weighted by molar-refractivity contribution is 5.84. The quantitative estimate of drug-likeness (QED) is 0.783. The zero-order valence-corrected chi connectivity index (χ0v) is 15.6. The van der Waals surface area contributed by atoms with Crippen molar-refractivity contribution < 1.29 is 4.74 Å². The Morgan fingerprint density at radius 2 is 1.92 bits per heavy atom. The van der Waals surface area contributed by atoms with Crippen LogP contribution in [0.2, 0.25) is 0 Å². The molecule has 0 spiro atoms. The van der Waals surface area contributed by atoms with Crippen LogP contribution >= 0.6 is 0 Å². The highest BCUT2D eigenvalue weighted by atomic mass is 16.5. The largest absolute Gasteiger partial charge is 0.480 e. The maximum atomic E-state index is 5.18. The van der Waals surface area contributed by atoms with Gasteiger partial charge in [-0.1, -0.05) is 6.07 Å². The third-order valence-corrected chi connectivity index (χ3v) is 5.30. The molecule has 1 N–H and O–H groups in total. The minimum atomic E-state index is 0.564. The Hall–Kier alpha value is -2.60. The number of piperazine rings is 1. The van der Waals surface area contributed by atoms with E-state index < -0.39 is 0 Å². The molecule has 1 aromatic carbocycles. The second-order valence-electron chi connectivity index (χ2n) is 6.95. The van der Waals surface area contributed by atoms with E-state index in [2.05, 4.69) is 56.8 Å². The number of anilines is 1. The van der Waals surface area contributed by atoms with E-state index in [1.54, 1.807) is 19.5 Å². The van der Waals surface area contributed by atoms with Crippen molar-refractivity contribution in [2.45, 2.75) is 20.4 Å². The van der Waals surface area contributed by atoms with Crippen LogP contribution in [0.15, 0.2) is 30.6 Å². The Labute approximate surface area is 153 Å². The lowest BCUT2D eigenvalue weighted by Crippen LogP contribution is -2.46. The number of nitrogens with zero attached hydrogens (tertiary/aromatic N) is 4. The van der Waals surface area contributed by atoms with Gasteiger partial charge in [-0.15, -0.1) is 0 Å². The van der Waals surface area contributed by atoms with Crippen molar-refractivity contribution in [1.82, 2.24) is 19.9 Å². The van der Waals surface area contributed by atoms with Crippen LogP contribution in [0.25, 0.3) is 10.9 Å². The van der Waals surface area contributed by atoms with Gasteiger partial charge in [0.25, 0.3) is 0 Å². The average Bonchev–Trinajstić information content (AvgIpc) is 3.09. The van der Waals surface area contributed by atoms with Crippen molar-refractivity contribution in [3.63, 3.8) is 0 Å². The highest BCUT2D eigenvalue weighted by Crippen LogP contribution is 2.23. The van der Waals surface area contributed by atoms with Gasteiger partial charge >= 0.3 is 0 Å². The van der Waals surface area contributed by atoms with Crippen LogP contribution < -0.4 is 9.64 Å². The number of aryl methyl sites for hydroxylation is 2. The second kappa shape index (κ2) is 6.96. The molecule has 26 heavy (non-hydrogen) atoms. The molecule has 0 amide bonds. The van der Waals surface area contributed by atoms with Gasteiger partial charge in [0.2, 0.25) is 5.88 Å². The lowest BCUT2D eigenvalue weighted by molar-refractivity contribution is 0.247. The summed E-state index contributed by atoms with van der Waals surface area (Å²) in [6.45, 7) is 9.22. The second-order valence-corrected chi connectivity index (χ2v) is 6.95. The lowest BCUT2D eigenvalue weighted by Gasteiger charge is -2.35. The number of aromatic amines is 1. The molecule has 4 rings (SSSR count). The maximum absolute atomic E-state index is 5.18. The summed E-state index contributed by atoms with van der Waals surface area (Å²) in [5, 5.41) is 1.34. The van der Waals surface area contributed by atoms with Crippen LogP contribution in [0.3, 0.4) is 0 Å². The molecule has 136 valence electrons. The van der Waals surface area contributed by atoms with E-state index >= 15 is 0 Å². The van der Waals surface area contributed by atoms with Crippen molar-refractivity contribution in [2.75, 3.05) is 38.2 Å². The predicted octanol–water partition coefficient (Wildman–Crippen LogP) is 2.91. The van der Waals surface area contributed by atoms with Crippen molar-refractivity contribution >= 4 is 16.7 Å². The SMILES string of the molecule is COc1cncc(N2CCN(Cc3cc4c(C)c(C)ccc4[nH]3)CC2)n1. The van der Waals surface area contributed by atoms with E-state index in [0.29, 0.717) is 5.88 Å². The standard InChI is InChI=1S/C20H25N5O/c1-14-4-5-18-17(15(14)2)10-16(22-18)13-24-6-8-25(9-7-24)19-11-21-12-20(23-19)26-3/h4-5,10-12,22H,6-9,13H2,1-3H3. The first-order valence-electron chi connectivity index (χ1n) is 9.05. The summed E-state index contributed by atoms with van der Waals surface area (Å²) in [5.74, 6) is 1.45. The number of aromatic nitrogens is 3. The van der Waals surface area contributed by atoms with Crippen LogP contribution in [-0.4, -0.2) is 53.1 Å². The summed E-state index contributed by atoms with van der Waals surface area (Å²) in [7, 11) is 1.62. The number of ether oxygens (including phenoxy) is 1. The number of nitrogens with one attached hydrogen (secondary N) is 1. The third kappa shape index (κ3) is 3.24. The summed E-state index contributed by atoms with van der Waals surface area (Å²) < 4.78 is 5.18. The molecule has 1 saturated heterocycles. The number of benzene rings is 1. The molecule has 0 saturated carbocycles. The number of rotatable bonds is 4. The molecule has 2 aromatic heterocycles. The van der Waals surface area contributed by atoms with E-state index in [4.69, 9.17) is 4.74 Å².